The van der Waals surface area contributed by atoms with E-state index in [1.165, 1.54) is 12.1 Å². The van der Waals surface area contributed by atoms with Crippen LogP contribution in [0.1, 0.15) is 74.3 Å². The Hall–Kier alpha value is -4.63. The van der Waals surface area contributed by atoms with Gasteiger partial charge in [0.05, 0.1) is 47.3 Å². The molecule has 0 radical (unpaired) electrons. The number of carbonyl (C=O) groups is 2. The third kappa shape index (κ3) is 14.6. The lowest BCUT2D eigenvalue weighted by Gasteiger charge is -2.21. The number of nitrogens with zero attached hydrogens (tertiary/aromatic N) is 3. The van der Waals surface area contributed by atoms with Gasteiger partial charge in [-0.15, -0.1) is 0 Å². The topological polar surface area (TPSA) is 216 Å². The van der Waals surface area contributed by atoms with Crippen LogP contribution in [-0.4, -0.2) is 103 Å². The van der Waals surface area contributed by atoms with Gasteiger partial charge < -0.3 is 29.6 Å². The summed E-state index contributed by atoms with van der Waals surface area (Å²) < 4.78 is 26.9. The smallest absolute Gasteiger partial charge is 0.308 e. The van der Waals surface area contributed by atoms with Crippen LogP contribution in [0.3, 0.4) is 0 Å². The molecule has 17 heteroatoms. The highest BCUT2D eigenvalue weighted by molar-refractivity contribution is 6.12. The van der Waals surface area contributed by atoms with E-state index in [4.69, 9.17) is 35.1 Å². The van der Waals surface area contributed by atoms with Gasteiger partial charge in [-0.25, -0.2) is 9.23 Å². The van der Waals surface area contributed by atoms with Gasteiger partial charge in [-0.2, -0.15) is 0 Å². The van der Waals surface area contributed by atoms with E-state index in [2.05, 4.69) is 10.2 Å². The summed E-state index contributed by atoms with van der Waals surface area (Å²) in [5.74, 6) is -1.75. The normalized spacial score (nSPS) is 13.2. The molecule has 3 aromatic carbocycles. The minimum absolute atomic E-state index is 0.0572. The Bertz CT molecular complexity index is 1830. The number of anilines is 1. The van der Waals surface area contributed by atoms with Crippen LogP contribution in [-0.2, 0) is 30.5 Å². The van der Waals surface area contributed by atoms with E-state index in [1.54, 1.807) is 24.3 Å². The monoisotopic (exact) mass is 812 g/mol. The molecule has 0 fully saturated rings. The maximum Gasteiger partial charge on any atom is 0.308 e. The first-order valence-electron chi connectivity index (χ1n) is 19.0. The highest BCUT2D eigenvalue weighted by Gasteiger charge is 2.31. The molecule has 0 bridgehead atoms. The van der Waals surface area contributed by atoms with Crippen LogP contribution >= 0.6 is 0 Å². The quantitative estimate of drug-likeness (QED) is 0.0221. The lowest BCUT2D eigenvalue weighted by atomic mass is 9.94. The summed E-state index contributed by atoms with van der Waals surface area (Å²) in [6.45, 7) is 4.19. The van der Waals surface area contributed by atoms with Crippen LogP contribution in [0, 0.1) is 5.82 Å². The van der Waals surface area contributed by atoms with Crippen LogP contribution in [0.2, 0.25) is 0 Å². The summed E-state index contributed by atoms with van der Waals surface area (Å²) in [6.07, 6.45) is -2.80. The number of carbonyl (C=O) groups excluding carboxylic acids is 2. The predicted octanol–water partition coefficient (Wildman–Crippen LogP) is 6.35. The Morgan fingerprint density at radius 2 is 1.45 bits per heavy atom. The fourth-order valence-corrected chi connectivity index (χ4v) is 6.51. The summed E-state index contributed by atoms with van der Waals surface area (Å²) in [5.41, 5.74) is 4.46. The van der Waals surface area contributed by atoms with E-state index in [1.807, 2.05) is 66.9 Å². The Kier molecular flexibility index (Phi) is 18.8. The summed E-state index contributed by atoms with van der Waals surface area (Å²) in [6, 6.07) is 24.5. The molecule has 0 spiro atoms. The van der Waals surface area contributed by atoms with Gasteiger partial charge in [-0.05, 0) is 79.1 Å². The molecule has 0 aliphatic rings. The molecule has 3 unspecified atom stereocenters. The Morgan fingerprint density at radius 1 is 0.793 bits per heavy atom. The van der Waals surface area contributed by atoms with Crippen molar-refractivity contribution in [3.63, 3.8) is 0 Å². The standard InChI is InChI=1S/C41H53FN4O12/c1-28(2)39-38(41(50)43-32-13-7-4-8-14-32)37(29-11-5-3-6-12-29)40(30-15-17-31(42)18-16-30)44(39)21-19-33(47)25-34(48)26-36(49)56-27-35(58-46(53)54)20-24-55-22-9-10-23-57-45(51)52/h3-8,11-18,28,33-35,47-48,51-54H,9-10,19-27H2,1-2H3,(H,43,50). The second kappa shape index (κ2) is 23.7. The molecule has 58 heavy (non-hydrogen) atoms. The maximum atomic E-state index is 14.3. The number of benzene rings is 3. The van der Waals surface area contributed by atoms with Gasteiger partial charge in [-0.3, -0.25) is 35.3 Å². The number of halogens is 1. The number of aliphatic hydroxyl groups excluding tert-OH is 2. The number of aliphatic hydroxyl groups is 2. The summed E-state index contributed by atoms with van der Waals surface area (Å²) in [7, 11) is 0. The molecule has 0 saturated heterocycles. The summed E-state index contributed by atoms with van der Waals surface area (Å²) >= 11 is 0. The van der Waals surface area contributed by atoms with Gasteiger partial charge in [-0.1, -0.05) is 62.4 Å². The average molecular weight is 813 g/mol. The van der Waals surface area contributed by atoms with Gasteiger partial charge in [0.2, 0.25) is 0 Å². The van der Waals surface area contributed by atoms with Gasteiger partial charge in [0.25, 0.3) is 5.91 Å². The Labute approximate surface area is 335 Å². The number of unbranched alkanes of at least 4 members (excludes halogenated alkanes) is 1. The van der Waals surface area contributed by atoms with Crippen LogP contribution in [0.4, 0.5) is 10.1 Å². The highest BCUT2D eigenvalue weighted by Crippen LogP contribution is 2.42. The number of ether oxygens (including phenoxy) is 2. The van der Waals surface area contributed by atoms with Crippen LogP contribution in [0.5, 0.6) is 0 Å². The molecule has 1 heterocycles. The number of aromatic nitrogens is 1. The van der Waals surface area contributed by atoms with Crippen molar-refractivity contribution < 1.29 is 64.2 Å². The molecule has 0 saturated carbocycles. The molecule has 0 aliphatic heterocycles. The van der Waals surface area contributed by atoms with E-state index in [0.717, 1.165) is 5.56 Å². The third-order valence-electron chi connectivity index (χ3n) is 9.07. The lowest BCUT2D eigenvalue weighted by Crippen LogP contribution is -2.31. The van der Waals surface area contributed by atoms with Gasteiger partial charge in [0.1, 0.15) is 18.5 Å². The highest BCUT2D eigenvalue weighted by atomic mass is 19.1. The molecule has 16 nitrogen and oxygen atoms in total. The number of para-hydroxylation sites is 1. The molecule has 7 N–H and O–H groups in total. The Balaban J connectivity index is 1.45. The number of rotatable bonds is 25. The van der Waals surface area contributed by atoms with Crippen molar-refractivity contribution in [2.75, 3.05) is 31.7 Å². The summed E-state index contributed by atoms with van der Waals surface area (Å²) in [4.78, 5) is 36.2. The van der Waals surface area contributed by atoms with E-state index in [9.17, 15) is 24.2 Å². The van der Waals surface area contributed by atoms with E-state index in [0.29, 0.717) is 53.2 Å². The fourth-order valence-electron chi connectivity index (χ4n) is 6.51. The first-order valence-corrected chi connectivity index (χ1v) is 19.0. The minimum Gasteiger partial charge on any atom is -0.463 e. The van der Waals surface area contributed by atoms with Crippen molar-refractivity contribution in [3.05, 3.63) is 102 Å². The first-order chi connectivity index (χ1) is 27.8. The number of amides is 1. The number of esters is 1. The van der Waals surface area contributed by atoms with Gasteiger partial charge >= 0.3 is 5.97 Å². The molecule has 4 aromatic rings. The number of hydrogen-bond donors (Lipinski definition) is 7. The Morgan fingerprint density at radius 3 is 2.09 bits per heavy atom. The van der Waals surface area contributed by atoms with E-state index in [-0.39, 0.29) is 56.2 Å². The number of nitrogens with one attached hydrogen (secondary N) is 1. The van der Waals surface area contributed by atoms with Crippen molar-refractivity contribution in [2.24, 2.45) is 0 Å². The molecular formula is C41H53FN4O12. The minimum atomic E-state index is -1.29. The maximum absolute atomic E-state index is 14.3. The SMILES string of the molecule is CC(C)c1c(C(=O)Nc2ccccc2)c(-c2ccccc2)c(-c2ccc(F)cc2)n1CCC(O)CC(O)CC(=O)OCC(CCOCCCCON(O)O)ON(O)O. The second-order valence-electron chi connectivity index (χ2n) is 13.9. The third-order valence-corrected chi connectivity index (χ3v) is 9.07. The molecule has 4 rings (SSSR count). The van der Waals surface area contributed by atoms with Crippen molar-refractivity contribution >= 4 is 17.6 Å². The zero-order chi connectivity index (χ0) is 42.0. The number of hydrogen-bond acceptors (Lipinski definition) is 14. The van der Waals surface area contributed by atoms with Crippen molar-refractivity contribution in [1.82, 2.24) is 15.3 Å². The van der Waals surface area contributed by atoms with Crippen LogP contribution in [0.25, 0.3) is 22.4 Å². The van der Waals surface area contributed by atoms with Crippen molar-refractivity contribution in [3.8, 4) is 22.4 Å². The zero-order valence-corrected chi connectivity index (χ0v) is 32.5. The van der Waals surface area contributed by atoms with Crippen molar-refractivity contribution in [2.45, 2.75) is 83.1 Å². The lowest BCUT2D eigenvalue weighted by molar-refractivity contribution is -0.506. The zero-order valence-electron chi connectivity index (χ0n) is 32.5. The second-order valence-corrected chi connectivity index (χ2v) is 13.9. The van der Waals surface area contributed by atoms with Gasteiger partial charge in [0, 0.05) is 43.1 Å². The molecule has 316 valence electrons. The summed E-state index contributed by atoms with van der Waals surface area (Å²) in [5, 5.41) is 59.4. The van der Waals surface area contributed by atoms with Gasteiger partial charge in [0.15, 0.2) is 0 Å². The predicted molar refractivity (Wildman–Crippen MR) is 207 cm³/mol. The molecule has 1 amide bonds. The van der Waals surface area contributed by atoms with Crippen LogP contribution in [0.15, 0.2) is 84.9 Å². The van der Waals surface area contributed by atoms with E-state index >= 15 is 0 Å². The molecule has 0 aliphatic carbocycles. The van der Waals surface area contributed by atoms with Crippen molar-refractivity contribution in [1.29, 1.82) is 0 Å². The average Bonchev–Trinajstić information content (AvgIpc) is 3.53. The van der Waals surface area contributed by atoms with Crippen LogP contribution < -0.4 is 5.32 Å². The fraction of sp³-hybridized carbons (Fsp3) is 0.415. The molecular weight excluding hydrogens is 759 g/mol. The largest absolute Gasteiger partial charge is 0.463 e. The molecule has 3 atom stereocenters. The molecule has 1 aromatic heterocycles. The van der Waals surface area contributed by atoms with E-state index < -0.39 is 48.5 Å². The first kappa shape index (κ1) is 46.1.